The number of rotatable bonds is 6. The van der Waals surface area contributed by atoms with Gasteiger partial charge in [0.05, 0.1) is 4.90 Å². The zero-order valence-corrected chi connectivity index (χ0v) is 14.1. The van der Waals surface area contributed by atoms with Gasteiger partial charge in [0, 0.05) is 12.6 Å². The molecule has 21 heavy (non-hydrogen) atoms. The maximum absolute atomic E-state index is 10.3. The third-order valence-corrected chi connectivity index (χ3v) is 5.86. The Morgan fingerprint density at radius 1 is 1.29 bits per heavy atom. The van der Waals surface area contributed by atoms with Gasteiger partial charge in [0.2, 0.25) is 0 Å². The highest BCUT2D eigenvalue weighted by Crippen LogP contribution is 2.44. The van der Waals surface area contributed by atoms with E-state index in [1.54, 1.807) is 0 Å². The van der Waals surface area contributed by atoms with Crippen molar-refractivity contribution in [3.63, 3.8) is 0 Å². The maximum Gasteiger partial charge on any atom is 0.0750 e. The van der Waals surface area contributed by atoms with Crippen LogP contribution in [0, 0.1) is 0 Å². The first-order valence-electron chi connectivity index (χ1n) is 7.73. The molecule has 1 fully saturated rings. The summed E-state index contributed by atoms with van der Waals surface area (Å²) in [4.78, 5) is 2.93. The van der Waals surface area contributed by atoms with Crippen molar-refractivity contribution < 1.29 is 9.11 Å². The first-order chi connectivity index (χ1) is 9.90. The Morgan fingerprint density at radius 2 is 1.95 bits per heavy atom. The van der Waals surface area contributed by atoms with Crippen molar-refractivity contribution in [2.24, 2.45) is 0 Å². The molecule has 1 heterocycles. The van der Waals surface area contributed by atoms with E-state index in [-0.39, 0.29) is 0 Å². The van der Waals surface area contributed by atoms with Crippen LogP contribution in [0.1, 0.15) is 44.6 Å². The van der Waals surface area contributed by atoms with E-state index in [0.717, 1.165) is 13.0 Å². The van der Waals surface area contributed by atoms with Gasteiger partial charge in [-0.2, -0.15) is 0 Å². The second-order valence-electron chi connectivity index (χ2n) is 6.23. The summed E-state index contributed by atoms with van der Waals surface area (Å²) < 4.78 is 23.5. The lowest BCUT2D eigenvalue weighted by Gasteiger charge is -2.34. The molecule has 0 amide bonds. The lowest BCUT2D eigenvalue weighted by atomic mass is 10.0. The molecule has 1 aliphatic heterocycles. The topological polar surface area (TPSA) is 55.7 Å². The van der Waals surface area contributed by atoms with E-state index in [1.807, 2.05) is 24.3 Å². The Labute approximate surface area is 130 Å². The molecule has 1 aliphatic rings. The molecule has 1 aromatic carbocycles. The Hall–Kier alpha value is -0.590. The van der Waals surface area contributed by atoms with Gasteiger partial charge in [0.25, 0.3) is 0 Å². The summed E-state index contributed by atoms with van der Waals surface area (Å²) in [5.41, 5.74) is 1.21. The average molecular weight is 312 g/mol. The zero-order valence-electron chi connectivity index (χ0n) is 13.2. The predicted octanol–water partition coefficient (Wildman–Crippen LogP) is 3.91. The van der Waals surface area contributed by atoms with Crippen LogP contribution in [0.5, 0.6) is 0 Å². The predicted molar refractivity (Wildman–Crippen MR) is 89.9 cm³/mol. The molecule has 1 aromatic rings. The normalized spacial score (nSPS) is 21.1. The largest absolute Gasteiger partial charge is 0.303 e. The van der Waals surface area contributed by atoms with Crippen LogP contribution in [0.15, 0.2) is 29.2 Å². The van der Waals surface area contributed by atoms with Crippen molar-refractivity contribution in [1.29, 1.82) is 0 Å². The van der Waals surface area contributed by atoms with Crippen molar-refractivity contribution >= 4 is 10.8 Å². The summed E-state index contributed by atoms with van der Waals surface area (Å²) >= 11 is 0. The fourth-order valence-electron chi connectivity index (χ4n) is 2.84. The molecule has 0 saturated carbocycles. The van der Waals surface area contributed by atoms with Crippen LogP contribution in [-0.4, -0.2) is 40.2 Å². The van der Waals surface area contributed by atoms with E-state index in [4.69, 9.17) is 0 Å². The van der Waals surface area contributed by atoms with E-state index in [1.165, 1.54) is 18.4 Å². The number of nitrogens with zero attached hydrogens (tertiary/aromatic N) is 1. The standard InChI is InChI=1S/C16H28N2O2S/c1-13(2)14-6-8-16(9-7-14)21(19,20)17-11-10-15-5-4-12-18(15)3/h6-9,13,15,17,19-20H,4-5,10-12H2,1-3H3. The van der Waals surface area contributed by atoms with Gasteiger partial charge < -0.3 is 4.90 Å². The van der Waals surface area contributed by atoms with Crippen LogP contribution in [-0.2, 0) is 0 Å². The van der Waals surface area contributed by atoms with Crippen molar-refractivity contribution in [2.75, 3.05) is 20.1 Å². The van der Waals surface area contributed by atoms with Crippen LogP contribution >= 0.6 is 10.8 Å². The molecule has 0 spiro atoms. The molecular formula is C16H28N2O2S. The minimum absolute atomic E-state index is 0.451. The molecule has 1 saturated heterocycles. The number of nitrogens with one attached hydrogen (secondary N) is 1. The summed E-state index contributed by atoms with van der Waals surface area (Å²) in [6, 6.07) is 8.15. The SMILES string of the molecule is CC(C)c1ccc(S(O)(O)NCCC2CCCN2C)cc1. The molecule has 0 bridgehead atoms. The van der Waals surface area contributed by atoms with Gasteiger partial charge in [-0.05, 0) is 56.5 Å². The molecule has 2 rings (SSSR count). The fourth-order valence-corrected chi connectivity index (χ4v) is 3.92. The fraction of sp³-hybridized carbons (Fsp3) is 0.625. The summed E-state index contributed by atoms with van der Waals surface area (Å²) in [6.07, 6.45) is 3.41. The second-order valence-corrected chi connectivity index (χ2v) is 8.09. The smallest absolute Gasteiger partial charge is 0.0750 e. The first-order valence-corrected chi connectivity index (χ1v) is 9.28. The molecule has 0 aliphatic carbocycles. The summed E-state index contributed by atoms with van der Waals surface area (Å²) in [5, 5.41) is 0. The number of likely N-dealkylation sites (tertiary alicyclic amines) is 1. The lowest BCUT2D eigenvalue weighted by molar-refractivity contribution is 0.296. The van der Waals surface area contributed by atoms with Crippen molar-refractivity contribution in [3.05, 3.63) is 29.8 Å². The van der Waals surface area contributed by atoms with Crippen LogP contribution in [0.4, 0.5) is 0 Å². The highest BCUT2D eigenvalue weighted by Gasteiger charge is 2.21. The number of benzene rings is 1. The van der Waals surface area contributed by atoms with Crippen LogP contribution in [0.25, 0.3) is 0 Å². The molecular weight excluding hydrogens is 284 g/mol. The van der Waals surface area contributed by atoms with E-state index >= 15 is 0 Å². The van der Waals surface area contributed by atoms with Crippen LogP contribution in [0.3, 0.4) is 0 Å². The van der Waals surface area contributed by atoms with Gasteiger partial charge >= 0.3 is 0 Å². The second kappa shape index (κ2) is 7.11. The summed E-state index contributed by atoms with van der Waals surface area (Å²) in [5.74, 6) is 0.451. The highest BCUT2D eigenvalue weighted by molar-refractivity contribution is 8.22. The third kappa shape index (κ3) is 4.44. The number of hydrogen-bond donors (Lipinski definition) is 3. The van der Waals surface area contributed by atoms with E-state index in [0.29, 0.717) is 23.4 Å². The maximum atomic E-state index is 10.3. The Balaban J connectivity index is 1.88. The summed E-state index contributed by atoms with van der Waals surface area (Å²) in [6.45, 7) is 6.04. The van der Waals surface area contributed by atoms with Crippen LogP contribution in [0.2, 0.25) is 0 Å². The quantitative estimate of drug-likeness (QED) is 0.745. The average Bonchev–Trinajstić information content (AvgIpc) is 2.84. The molecule has 0 aromatic heterocycles. The van der Waals surface area contributed by atoms with Gasteiger partial charge in [0.1, 0.15) is 0 Å². The Kier molecular flexibility index (Phi) is 5.68. The minimum atomic E-state index is -2.88. The third-order valence-electron chi connectivity index (χ3n) is 4.33. The minimum Gasteiger partial charge on any atom is -0.303 e. The number of hydrogen-bond acceptors (Lipinski definition) is 4. The summed E-state index contributed by atoms with van der Waals surface area (Å²) in [7, 11) is -0.741. The van der Waals surface area contributed by atoms with Gasteiger partial charge in [0.15, 0.2) is 0 Å². The molecule has 4 nitrogen and oxygen atoms in total. The van der Waals surface area contributed by atoms with Gasteiger partial charge in [-0.1, -0.05) is 26.0 Å². The van der Waals surface area contributed by atoms with Gasteiger partial charge in [-0.15, -0.1) is 10.8 Å². The van der Waals surface area contributed by atoms with Crippen molar-refractivity contribution in [2.45, 2.75) is 50.0 Å². The van der Waals surface area contributed by atoms with E-state index < -0.39 is 10.8 Å². The molecule has 120 valence electrons. The molecule has 0 radical (unpaired) electrons. The van der Waals surface area contributed by atoms with Gasteiger partial charge in [-0.3, -0.25) is 9.11 Å². The van der Waals surface area contributed by atoms with E-state index in [9.17, 15) is 9.11 Å². The highest BCUT2D eigenvalue weighted by atomic mass is 32.3. The Morgan fingerprint density at radius 3 is 2.48 bits per heavy atom. The molecule has 3 N–H and O–H groups in total. The zero-order chi connectivity index (χ0) is 15.5. The molecule has 1 unspecified atom stereocenters. The van der Waals surface area contributed by atoms with Crippen LogP contribution < -0.4 is 4.72 Å². The van der Waals surface area contributed by atoms with Gasteiger partial charge in [-0.25, -0.2) is 4.72 Å². The lowest BCUT2D eigenvalue weighted by Crippen LogP contribution is -2.30. The van der Waals surface area contributed by atoms with Crippen molar-refractivity contribution in [1.82, 2.24) is 9.62 Å². The molecule has 5 heteroatoms. The Bertz CT molecular complexity index is 448. The monoisotopic (exact) mass is 312 g/mol. The first kappa shape index (κ1) is 16.8. The van der Waals surface area contributed by atoms with Crippen molar-refractivity contribution in [3.8, 4) is 0 Å². The van der Waals surface area contributed by atoms with E-state index in [2.05, 4.69) is 30.5 Å². The molecule has 1 atom stereocenters.